The molecule has 24 rings (SSSR count). The average molecular weight is 1600 g/mol. The molecule has 12 heteroatoms. The van der Waals surface area contributed by atoms with Crippen LogP contribution in [0.3, 0.4) is 0 Å². The van der Waals surface area contributed by atoms with E-state index < -0.39 is 0 Å². The molecular formula is C108H64N8S4. The van der Waals surface area contributed by atoms with Crippen molar-refractivity contribution in [2.75, 3.05) is 0 Å². The van der Waals surface area contributed by atoms with Gasteiger partial charge in [-0.3, -0.25) is 0 Å². The summed E-state index contributed by atoms with van der Waals surface area (Å²) in [7, 11) is 0. The third-order valence-corrected chi connectivity index (χ3v) is 27.5. The second-order valence-corrected chi connectivity index (χ2v) is 34.2. The van der Waals surface area contributed by atoms with E-state index in [0.717, 1.165) is 94.6 Å². The zero-order valence-electron chi connectivity index (χ0n) is 64.2. The van der Waals surface area contributed by atoms with Gasteiger partial charge in [0, 0.05) is 127 Å². The van der Waals surface area contributed by atoms with Crippen molar-refractivity contribution in [2.45, 2.75) is 0 Å². The average Bonchev–Trinajstić information content (AvgIpc) is 1.54. The predicted molar refractivity (Wildman–Crippen MR) is 507 cm³/mol. The Balaban J connectivity index is 0.000000140. The van der Waals surface area contributed by atoms with Crippen LogP contribution in [0.25, 0.3) is 238 Å². The van der Waals surface area contributed by atoms with Crippen molar-refractivity contribution in [1.29, 1.82) is 0 Å². The largest absolute Gasteiger partial charge is 0.246 e. The molecule has 8 heterocycles. The van der Waals surface area contributed by atoms with Crippen LogP contribution in [-0.4, -0.2) is 39.9 Å². The Bertz CT molecular complexity index is 8150. The van der Waals surface area contributed by atoms with Crippen molar-refractivity contribution in [3.63, 3.8) is 0 Å². The smallest absolute Gasteiger partial charge is 0.165 e. The lowest BCUT2D eigenvalue weighted by molar-refractivity contribution is 1.07. The molecule has 560 valence electrons. The lowest BCUT2D eigenvalue weighted by atomic mass is 9.97. The highest BCUT2D eigenvalue weighted by Gasteiger charge is 2.24. The molecule has 0 saturated heterocycles. The number of nitrogens with zero attached hydrogens (tertiary/aromatic N) is 8. The Morgan fingerprint density at radius 2 is 0.442 bits per heavy atom. The third kappa shape index (κ3) is 12.7. The minimum absolute atomic E-state index is 0.619. The van der Waals surface area contributed by atoms with E-state index in [4.69, 9.17) is 39.9 Å². The monoisotopic (exact) mass is 1600 g/mol. The van der Waals surface area contributed by atoms with E-state index in [1.165, 1.54) is 108 Å². The summed E-state index contributed by atoms with van der Waals surface area (Å²) in [6.45, 7) is 0. The van der Waals surface area contributed by atoms with Gasteiger partial charge in [-0.25, -0.2) is 39.9 Å². The molecular weight excluding hydrogens is 1540 g/mol. The molecule has 0 atom stereocenters. The highest BCUT2D eigenvalue weighted by molar-refractivity contribution is 7.27. The molecule has 0 radical (unpaired) electrons. The van der Waals surface area contributed by atoms with Crippen LogP contribution in [0.5, 0.6) is 0 Å². The first kappa shape index (κ1) is 70.6. The fourth-order valence-corrected chi connectivity index (χ4v) is 21.7. The Morgan fingerprint density at radius 3 is 0.933 bits per heavy atom. The molecule has 8 nitrogen and oxygen atoms in total. The quantitative estimate of drug-likeness (QED) is 0.119. The molecule has 0 saturated carbocycles. The predicted octanol–water partition coefficient (Wildman–Crippen LogP) is 30.3. The molecule has 0 aliphatic rings. The molecule has 16 aromatic carbocycles. The van der Waals surface area contributed by atoms with Gasteiger partial charge in [0.15, 0.2) is 34.9 Å². The molecule has 0 aliphatic heterocycles. The summed E-state index contributed by atoms with van der Waals surface area (Å²) in [4.78, 5) is 41.7. The standard InChI is InChI=1S/2C54H32N4S2/c1-3-13-33(14-4-1)37-29-30-43-45(32-37)55-49(51-48(43)44-20-8-10-24-47(44)60-51)34-25-27-36(28-26-34)53-56-52(35-15-5-2-6-16-35)57-54(58-53)39-18-11-17-38(31-39)40-21-12-22-42-41-19-7-9-23-46(41)59-50(40)42;1-3-13-33(14-4-1)34-25-27-35(28-26-34)37-29-30-42-45(32-37)55-49(51-48(42)43-20-8-10-24-47(43)60-51)38-17-11-18-39(31-38)53-56-52(36-15-5-2-6-16-36)57-54(58-53)44-22-12-21-41-40-19-7-9-23-46(40)59-50(41)44/h2*1-32H. The Labute approximate surface area is 705 Å². The summed E-state index contributed by atoms with van der Waals surface area (Å²) in [6, 6.07) is 137. The molecule has 0 aliphatic carbocycles. The summed E-state index contributed by atoms with van der Waals surface area (Å²) >= 11 is 7.22. The van der Waals surface area contributed by atoms with E-state index in [2.05, 4.69) is 352 Å². The maximum atomic E-state index is 5.50. The van der Waals surface area contributed by atoms with Crippen LogP contribution in [0, 0.1) is 0 Å². The third-order valence-electron chi connectivity index (χ3n) is 22.7. The normalized spacial score (nSPS) is 11.7. The van der Waals surface area contributed by atoms with Crippen molar-refractivity contribution < 1.29 is 0 Å². The number of benzene rings is 16. The number of hydrogen-bond acceptors (Lipinski definition) is 12. The first-order chi connectivity index (χ1) is 59.4. The molecule has 0 fully saturated rings. The Hall–Kier alpha value is -14.8. The summed E-state index contributed by atoms with van der Waals surface area (Å²) < 4.78 is 9.83. The van der Waals surface area contributed by atoms with Gasteiger partial charge in [0.05, 0.1) is 31.8 Å². The minimum Gasteiger partial charge on any atom is -0.246 e. The van der Waals surface area contributed by atoms with Gasteiger partial charge < -0.3 is 0 Å². The molecule has 120 heavy (non-hydrogen) atoms. The van der Waals surface area contributed by atoms with Gasteiger partial charge in [-0.15, -0.1) is 45.3 Å². The van der Waals surface area contributed by atoms with Crippen LogP contribution in [0.4, 0.5) is 0 Å². The van der Waals surface area contributed by atoms with Crippen LogP contribution >= 0.6 is 45.3 Å². The lowest BCUT2D eigenvalue weighted by Crippen LogP contribution is -2.00. The molecule has 0 spiro atoms. The van der Waals surface area contributed by atoms with Crippen LogP contribution in [0.2, 0.25) is 0 Å². The van der Waals surface area contributed by atoms with E-state index in [9.17, 15) is 0 Å². The van der Waals surface area contributed by atoms with Crippen LogP contribution in [-0.2, 0) is 0 Å². The van der Waals surface area contributed by atoms with Crippen molar-refractivity contribution in [3.05, 3.63) is 388 Å². The minimum atomic E-state index is 0.619. The first-order valence-electron chi connectivity index (χ1n) is 39.9. The summed E-state index contributed by atoms with van der Waals surface area (Å²) in [6.07, 6.45) is 0. The second kappa shape index (κ2) is 29.8. The van der Waals surface area contributed by atoms with Crippen molar-refractivity contribution in [1.82, 2.24) is 39.9 Å². The van der Waals surface area contributed by atoms with Crippen LogP contribution in [0.15, 0.2) is 388 Å². The molecule has 24 aromatic rings. The van der Waals surface area contributed by atoms with Crippen molar-refractivity contribution >= 4 is 148 Å². The first-order valence-corrected chi connectivity index (χ1v) is 43.2. The lowest BCUT2D eigenvalue weighted by Gasteiger charge is -2.12. The number of thiophene rings is 4. The van der Waals surface area contributed by atoms with Crippen molar-refractivity contribution in [3.8, 4) is 135 Å². The highest BCUT2D eigenvalue weighted by Crippen LogP contribution is 2.48. The van der Waals surface area contributed by atoms with E-state index >= 15 is 0 Å². The topological polar surface area (TPSA) is 103 Å². The van der Waals surface area contributed by atoms with E-state index in [1.807, 2.05) is 47.7 Å². The van der Waals surface area contributed by atoms with Gasteiger partial charge >= 0.3 is 0 Å². The Kier molecular flexibility index (Phi) is 17.5. The molecule has 0 bridgehead atoms. The molecule has 8 aromatic heterocycles. The van der Waals surface area contributed by atoms with Crippen molar-refractivity contribution in [2.24, 2.45) is 0 Å². The fraction of sp³-hybridized carbons (Fsp3) is 0. The number of pyridine rings is 2. The molecule has 0 amide bonds. The van der Waals surface area contributed by atoms with Gasteiger partial charge in [-0.2, -0.15) is 0 Å². The molecule has 0 unspecified atom stereocenters. The zero-order chi connectivity index (χ0) is 79.1. The van der Waals surface area contributed by atoms with Gasteiger partial charge in [-0.1, -0.05) is 334 Å². The van der Waals surface area contributed by atoms with Gasteiger partial charge in [0.2, 0.25) is 0 Å². The maximum absolute atomic E-state index is 5.50. The highest BCUT2D eigenvalue weighted by atomic mass is 32.1. The zero-order valence-corrected chi connectivity index (χ0v) is 67.4. The number of aromatic nitrogens is 8. The fourth-order valence-electron chi connectivity index (χ4n) is 16.8. The SMILES string of the molecule is c1ccc(-c2ccc(-c3ccc4c(c3)nc(-c3cccc(-c5nc(-c6ccccc6)nc(-c6cccc7c6sc6ccccc67)n5)c3)c3sc5ccccc5c34)cc2)cc1.c1ccc(-c2ccc3c(c2)nc(-c2ccc(-c4nc(-c5ccccc5)nc(-c5cccc(-c6cccc7c6sc6ccccc67)c5)n4)cc2)c2sc4ccccc4c23)cc1. The van der Waals surface area contributed by atoms with Gasteiger partial charge in [0.1, 0.15) is 0 Å². The number of rotatable bonds is 12. The summed E-state index contributed by atoms with van der Waals surface area (Å²) in [5, 5.41) is 12.3. The molecule has 0 N–H and O–H groups in total. The van der Waals surface area contributed by atoms with E-state index in [1.54, 1.807) is 34.0 Å². The van der Waals surface area contributed by atoms with E-state index in [0.29, 0.717) is 34.9 Å². The Morgan fingerprint density at radius 1 is 0.150 bits per heavy atom. The number of hydrogen-bond donors (Lipinski definition) is 0. The van der Waals surface area contributed by atoms with Gasteiger partial charge in [-0.05, 0) is 99.1 Å². The maximum Gasteiger partial charge on any atom is 0.165 e. The van der Waals surface area contributed by atoms with E-state index in [-0.39, 0.29) is 0 Å². The van der Waals surface area contributed by atoms with Gasteiger partial charge in [0.25, 0.3) is 0 Å². The number of fused-ring (bicyclic) bond motifs is 16. The summed E-state index contributed by atoms with van der Waals surface area (Å²) in [5.41, 5.74) is 20.9. The summed E-state index contributed by atoms with van der Waals surface area (Å²) in [5.74, 6) is 3.79. The van der Waals surface area contributed by atoms with Crippen LogP contribution in [0.1, 0.15) is 0 Å². The second-order valence-electron chi connectivity index (χ2n) is 29.9. The van der Waals surface area contributed by atoms with Crippen LogP contribution < -0.4 is 0 Å².